The average molecular weight is 492 g/mol. The van der Waals surface area contributed by atoms with Gasteiger partial charge in [0.15, 0.2) is 0 Å². The SMILES string of the molecule is CCCCc1ccc(C(=O)N[C@H]2CCCC[C@H]2NC(=O)c2csc(COc3ccccc3)n2)cc1. The second-order valence-electron chi connectivity index (χ2n) is 8.97. The fourth-order valence-electron chi connectivity index (χ4n) is 4.32. The summed E-state index contributed by atoms with van der Waals surface area (Å²) in [7, 11) is 0. The number of hydrogen-bond acceptors (Lipinski definition) is 5. The first-order chi connectivity index (χ1) is 17.1. The van der Waals surface area contributed by atoms with Crippen LogP contribution in [0.4, 0.5) is 0 Å². The van der Waals surface area contributed by atoms with Gasteiger partial charge >= 0.3 is 0 Å². The van der Waals surface area contributed by atoms with Crippen molar-refractivity contribution in [1.82, 2.24) is 15.6 Å². The van der Waals surface area contributed by atoms with E-state index in [0.29, 0.717) is 17.9 Å². The Labute approximate surface area is 211 Å². The number of ether oxygens (including phenoxy) is 1. The Balaban J connectivity index is 1.31. The zero-order chi connectivity index (χ0) is 24.5. The van der Waals surface area contributed by atoms with Gasteiger partial charge in [-0.05, 0) is 55.5 Å². The first-order valence-corrected chi connectivity index (χ1v) is 13.3. The topological polar surface area (TPSA) is 80.3 Å². The van der Waals surface area contributed by atoms with Crippen LogP contribution in [0.1, 0.15) is 76.9 Å². The second kappa shape index (κ2) is 12.5. The largest absolute Gasteiger partial charge is 0.486 e. The highest BCUT2D eigenvalue weighted by atomic mass is 32.1. The van der Waals surface area contributed by atoms with E-state index >= 15 is 0 Å². The summed E-state index contributed by atoms with van der Waals surface area (Å²) in [5, 5.41) is 8.77. The van der Waals surface area contributed by atoms with E-state index in [4.69, 9.17) is 4.74 Å². The van der Waals surface area contributed by atoms with E-state index in [1.807, 2.05) is 54.6 Å². The molecular formula is C28H33N3O3S. The van der Waals surface area contributed by atoms with E-state index in [1.165, 1.54) is 16.9 Å². The third kappa shape index (κ3) is 7.15. The van der Waals surface area contributed by atoms with Crippen molar-refractivity contribution in [2.45, 2.75) is 70.6 Å². The van der Waals surface area contributed by atoms with E-state index in [1.54, 1.807) is 5.38 Å². The summed E-state index contributed by atoms with van der Waals surface area (Å²) >= 11 is 1.41. The Morgan fingerprint density at radius 3 is 2.34 bits per heavy atom. The van der Waals surface area contributed by atoms with Crippen molar-refractivity contribution < 1.29 is 14.3 Å². The van der Waals surface area contributed by atoms with Crippen LogP contribution in [0.2, 0.25) is 0 Å². The van der Waals surface area contributed by atoms with Gasteiger partial charge in [0.2, 0.25) is 0 Å². The van der Waals surface area contributed by atoms with Crippen LogP contribution in [0.3, 0.4) is 0 Å². The van der Waals surface area contributed by atoms with Gasteiger partial charge in [-0.15, -0.1) is 11.3 Å². The standard InChI is InChI=1S/C28H33N3O3S/c1-2-3-9-20-14-16-21(17-15-20)27(32)30-23-12-7-8-13-24(23)31-28(33)25-19-35-26(29-25)18-34-22-10-5-4-6-11-22/h4-6,10-11,14-17,19,23-24H,2-3,7-9,12-13,18H2,1H3,(H,30,32)(H,31,33)/t23-,24+/m0/s1. The molecule has 1 saturated carbocycles. The van der Waals surface area contributed by atoms with Crippen molar-refractivity contribution in [2.24, 2.45) is 0 Å². The Kier molecular flexibility index (Phi) is 8.90. The van der Waals surface area contributed by atoms with Crippen LogP contribution in [-0.4, -0.2) is 28.9 Å². The zero-order valence-corrected chi connectivity index (χ0v) is 21.0. The summed E-state index contributed by atoms with van der Waals surface area (Å²) < 4.78 is 5.73. The zero-order valence-electron chi connectivity index (χ0n) is 20.2. The Morgan fingerprint density at radius 1 is 0.971 bits per heavy atom. The molecule has 35 heavy (non-hydrogen) atoms. The number of aryl methyl sites for hydroxylation is 1. The maximum atomic E-state index is 12.9. The molecule has 1 fully saturated rings. The minimum atomic E-state index is -0.210. The van der Waals surface area contributed by atoms with Gasteiger partial charge in [-0.2, -0.15) is 0 Å². The van der Waals surface area contributed by atoms with Crippen LogP contribution in [0, 0.1) is 0 Å². The lowest BCUT2D eigenvalue weighted by Crippen LogP contribution is -2.53. The lowest BCUT2D eigenvalue weighted by molar-refractivity contribution is 0.0860. The highest BCUT2D eigenvalue weighted by molar-refractivity contribution is 7.09. The maximum Gasteiger partial charge on any atom is 0.271 e. The van der Waals surface area contributed by atoms with Crippen LogP contribution in [-0.2, 0) is 13.0 Å². The fraction of sp³-hybridized carbons (Fsp3) is 0.393. The summed E-state index contributed by atoms with van der Waals surface area (Å²) in [6, 6.07) is 17.2. The number of nitrogens with zero attached hydrogens (tertiary/aromatic N) is 1. The van der Waals surface area contributed by atoms with Gasteiger partial charge in [0.25, 0.3) is 11.8 Å². The summed E-state index contributed by atoms with van der Waals surface area (Å²) in [5.41, 5.74) is 2.30. The van der Waals surface area contributed by atoms with E-state index in [9.17, 15) is 9.59 Å². The summed E-state index contributed by atoms with van der Waals surface area (Å²) in [5.74, 6) is 0.468. The molecule has 0 aliphatic heterocycles. The number of thiazole rings is 1. The highest BCUT2D eigenvalue weighted by Crippen LogP contribution is 2.21. The van der Waals surface area contributed by atoms with Gasteiger partial charge < -0.3 is 15.4 Å². The molecule has 0 spiro atoms. The van der Waals surface area contributed by atoms with Gasteiger partial charge in [0.05, 0.1) is 0 Å². The number of carbonyl (C=O) groups excluding carboxylic acids is 2. The number of unbranched alkanes of at least 4 members (excludes halogenated alkanes) is 1. The highest BCUT2D eigenvalue weighted by Gasteiger charge is 2.29. The van der Waals surface area contributed by atoms with Crippen LogP contribution < -0.4 is 15.4 Å². The normalized spacial score (nSPS) is 17.5. The van der Waals surface area contributed by atoms with E-state index in [2.05, 4.69) is 22.5 Å². The van der Waals surface area contributed by atoms with Crippen LogP contribution >= 0.6 is 11.3 Å². The van der Waals surface area contributed by atoms with Gasteiger partial charge in [0.1, 0.15) is 23.1 Å². The minimum absolute atomic E-state index is 0.0906. The first kappa shape index (κ1) is 24.9. The number of carbonyl (C=O) groups is 2. The molecule has 0 radical (unpaired) electrons. The van der Waals surface area contributed by atoms with Gasteiger partial charge in [0, 0.05) is 23.0 Å². The predicted octanol–water partition coefficient (Wildman–Crippen LogP) is 5.54. The van der Waals surface area contributed by atoms with Crippen molar-refractivity contribution in [1.29, 1.82) is 0 Å². The molecular weight excluding hydrogens is 458 g/mol. The summed E-state index contributed by atoms with van der Waals surface area (Å²) in [6.07, 6.45) is 7.07. The monoisotopic (exact) mass is 491 g/mol. The Bertz CT molecular complexity index is 1100. The van der Waals surface area contributed by atoms with Crippen LogP contribution in [0.25, 0.3) is 0 Å². The molecule has 4 rings (SSSR count). The van der Waals surface area contributed by atoms with E-state index in [0.717, 1.165) is 55.7 Å². The molecule has 2 atom stereocenters. The molecule has 1 aliphatic carbocycles. The molecule has 0 saturated heterocycles. The summed E-state index contributed by atoms with van der Waals surface area (Å²) in [6.45, 7) is 2.50. The molecule has 7 heteroatoms. The average Bonchev–Trinajstić information content (AvgIpc) is 3.37. The van der Waals surface area contributed by atoms with E-state index < -0.39 is 0 Å². The molecule has 0 bridgehead atoms. The van der Waals surface area contributed by atoms with Gasteiger partial charge in [-0.3, -0.25) is 9.59 Å². The number of benzene rings is 2. The predicted molar refractivity (Wildman–Crippen MR) is 139 cm³/mol. The van der Waals surface area contributed by atoms with Gasteiger partial charge in [-0.25, -0.2) is 4.98 Å². The third-order valence-corrected chi connectivity index (χ3v) is 7.15. The molecule has 0 unspecified atom stereocenters. The molecule has 2 N–H and O–H groups in total. The number of nitrogens with one attached hydrogen (secondary N) is 2. The number of para-hydroxylation sites is 1. The van der Waals surface area contributed by atoms with Crippen LogP contribution in [0.5, 0.6) is 5.75 Å². The Morgan fingerprint density at radius 2 is 1.66 bits per heavy atom. The Hall–Kier alpha value is -3.19. The van der Waals surface area contributed by atoms with Gasteiger partial charge in [-0.1, -0.05) is 56.5 Å². The lowest BCUT2D eigenvalue weighted by atomic mass is 9.90. The van der Waals surface area contributed by atoms with Crippen molar-refractivity contribution in [3.05, 3.63) is 81.8 Å². The fourth-order valence-corrected chi connectivity index (χ4v) is 5.00. The number of aromatic nitrogens is 1. The third-order valence-electron chi connectivity index (χ3n) is 6.32. The second-order valence-corrected chi connectivity index (χ2v) is 9.92. The number of amides is 2. The molecule has 1 heterocycles. The molecule has 184 valence electrons. The summed E-state index contributed by atoms with van der Waals surface area (Å²) in [4.78, 5) is 30.2. The first-order valence-electron chi connectivity index (χ1n) is 12.5. The van der Waals surface area contributed by atoms with E-state index in [-0.39, 0.29) is 23.9 Å². The molecule has 3 aromatic rings. The molecule has 1 aliphatic rings. The molecule has 1 aromatic heterocycles. The van der Waals surface area contributed by atoms with Crippen molar-refractivity contribution in [2.75, 3.05) is 0 Å². The quantitative estimate of drug-likeness (QED) is 0.390. The smallest absolute Gasteiger partial charge is 0.271 e. The van der Waals surface area contributed by atoms with Crippen molar-refractivity contribution in [3.63, 3.8) is 0 Å². The van der Waals surface area contributed by atoms with Crippen molar-refractivity contribution in [3.8, 4) is 5.75 Å². The molecule has 2 amide bonds. The lowest BCUT2D eigenvalue weighted by Gasteiger charge is -2.32. The maximum absolute atomic E-state index is 12.9. The molecule has 2 aromatic carbocycles. The number of rotatable bonds is 10. The number of hydrogen-bond donors (Lipinski definition) is 2. The molecule has 6 nitrogen and oxygen atoms in total. The minimum Gasteiger partial charge on any atom is -0.486 e. The van der Waals surface area contributed by atoms with Crippen molar-refractivity contribution >= 4 is 23.2 Å². The van der Waals surface area contributed by atoms with Crippen LogP contribution in [0.15, 0.2) is 60.0 Å².